The minimum absolute atomic E-state index is 0.0863. The lowest BCUT2D eigenvalue weighted by Gasteiger charge is -2.42. The highest BCUT2D eigenvalue weighted by Crippen LogP contribution is 2.44. The smallest absolute Gasteiger partial charge is 0.425 e. The predicted octanol–water partition coefficient (Wildman–Crippen LogP) is 8.69. The Kier molecular flexibility index (Phi) is 9.89. The molecule has 1 N–H and O–H groups in total. The number of aliphatic imine (C=N–C) groups is 1. The van der Waals surface area contributed by atoms with Crippen molar-refractivity contribution < 1.29 is 31.8 Å². The molecule has 6 rings (SSSR count). The maximum absolute atomic E-state index is 15.8. The second kappa shape index (κ2) is 14.5. The molecule has 0 saturated heterocycles. The molecule has 2 atom stereocenters. The van der Waals surface area contributed by atoms with Gasteiger partial charge in [0.05, 0.1) is 25.3 Å². The van der Waals surface area contributed by atoms with E-state index in [1.165, 1.54) is 45.5 Å². The Morgan fingerprint density at radius 1 is 0.827 bits per heavy atom. The summed E-state index contributed by atoms with van der Waals surface area (Å²) >= 11 is 0. The molecule has 1 aliphatic rings. The Labute approximate surface area is 298 Å². The van der Waals surface area contributed by atoms with Crippen LogP contribution in [0.4, 0.5) is 23.4 Å². The molecule has 11 heteroatoms. The van der Waals surface area contributed by atoms with Crippen molar-refractivity contribution in [3.05, 3.63) is 166 Å². The number of pyridine rings is 1. The van der Waals surface area contributed by atoms with Crippen LogP contribution in [0, 0.1) is 24.2 Å². The Hall–Kier alpha value is -6.33. The molecule has 52 heavy (non-hydrogen) atoms. The van der Waals surface area contributed by atoms with E-state index in [9.17, 15) is 13.2 Å². The van der Waals surface area contributed by atoms with Crippen LogP contribution >= 0.6 is 0 Å². The van der Waals surface area contributed by atoms with Crippen LogP contribution in [0.1, 0.15) is 46.7 Å². The van der Waals surface area contributed by atoms with Crippen LogP contribution < -0.4 is 14.8 Å². The van der Waals surface area contributed by atoms with Crippen molar-refractivity contribution >= 4 is 11.8 Å². The number of hydrogen-bond acceptors (Lipinski definition) is 6. The Morgan fingerprint density at radius 3 is 1.94 bits per heavy atom. The molecule has 262 valence electrons. The van der Waals surface area contributed by atoms with Crippen LogP contribution in [0.5, 0.6) is 11.5 Å². The number of ether oxygens (including phenoxy) is 3. The molecule has 0 bridgehead atoms. The third kappa shape index (κ3) is 7.26. The first-order valence-corrected chi connectivity index (χ1v) is 16.1. The van der Waals surface area contributed by atoms with Crippen LogP contribution in [0.3, 0.4) is 0 Å². The van der Waals surface area contributed by atoms with Gasteiger partial charge in [0.25, 0.3) is 11.8 Å². The Bertz CT molecular complexity index is 2120. The molecular formula is C41H32F4N4O3. The standard InChI is InChI=1S/C41H32F4N4O3/c1-39(34-24-27(12-22-35(34)42)10-11-28-13-23-37(46-2)47-26-28)25-36(41(43,44)45)52-38(48-39)49-40(29-8-6-5-7-9-29,30-14-18-32(50-3)19-15-30)31-16-20-33(51-4)21-17-31/h5-9,12-24,26,36H,25H2,1,3-4H3,(H,48,49)/t36?,39-/m0/s1. The Balaban J connectivity index is 1.52. The molecule has 2 heterocycles. The molecule has 5 aromatic rings. The lowest BCUT2D eigenvalue weighted by Crippen LogP contribution is -2.54. The molecule has 7 nitrogen and oxygen atoms in total. The highest BCUT2D eigenvalue weighted by molar-refractivity contribution is 5.79. The van der Waals surface area contributed by atoms with Gasteiger partial charge in [-0.3, -0.25) is 0 Å². The second-order valence-corrected chi connectivity index (χ2v) is 12.2. The van der Waals surface area contributed by atoms with E-state index >= 15 is 4.39 Å². The summed E-state index contributed by atoms with van der Waals surface area (Å²) in [6.45, 7) is 8.52. The highest BCUT2D eigenvalue weighted by Gasteiger charge is 2.51. The van der Waals surface area contributed by atoms with Crippen molar-refractivity contribution in [1.82, 2.24) is 10.3 Å². The van der Waals surface area contributed by atoms with Gasteiger partial charge in [-0.05, 0) is 72.1 Å². The monoisotopic (exact) mass is 704 g/mol. The fourth-order valence-corrected chi connectivity index (χ4v) is 6.18. The summed E-state index contributed by atoms with van der Waals surface area (Å²) in [5.41, 5.74) is -0.414. The van der Waals surface area contributed by atoms with E-state index in [4.69, 9.17) is 25.8 Å². The normalized spacial score (nSPS) is 17.0. The van der Waals surface area contributed by atoms with Crippen molar-refractivity contribution in [3.63, 3.8) is 0 Å². The fourth-order valence-electron chi connectivity index (χ4n) is 6.18. The molecule has 0 saturated carbocycles. The summed E-state index contributed by atoms with van der Waals surface area (Å²) < 4.78 is 76.3. The molecule has 0 radical (unpaired) electrons. The average Bonchev–Trinajstić information content (AvgIpc) is 3.16. The van der Waals surface area contributed by atoms with Gasteiger partial charge < -0.3 is 24.4 Å². The van der Waals surface area contributed by atoms with Gasteiger partial charge in [-0.2, -0.15) is 13.2 Å². The SMILES string of the molecule is [C-]#[N+]c1ccc(C#Cc2ccc(F)c([C@]3(C)CC(C(F)(F)F)OC(NC(c4ccccc4)(c4ccc(OC)cc4)c4ccc(OC)cc4)=N3)c2)cn1. The van der Waals surface area contributed by atoms with Crippen LogP contribution in [0.15, 0.2) is 120 Å². The highest BCUT2D eigenvalue weighted by atomic mass is 19.4. The number of aromatic nitrogens is 1. The molecule has 0 spiro atoms. The average molecular weight is 705 g/mol. The minimum Gasteiger partial charge on any atom is -0.497 e. The zero-order valence-electron chi connectivity index (χ0n) is 28.3. The molecule has 0 amide bonds. The summed E-state index contributed by atoms with van der Waals surface area (Å²) in [6, 6.07) is 30.1. The summed E-state index contributed by atoms with van der Waals surface area (Å²) in [4.78, 5) is 12.0. The maximum Gasteiger partial charge on any atom is 0.425 e. The van der Waals surface area contributed by atoms with Gasteiger partial charge in [0, 0.05) is 17.5 Å². The van der Waals surface area contributed by atoms with Gasteiger partial charge in [-0.1, -0.05) is 79.1 Å². The van der Waals surface area contributed by atoms with Crippen LogP contribution in [-0.4, -0.2) is 37.5 Å². The first kappa shape index (κ1) is 35.5. The van der Waals surface area contributed by atoms with Gasteiger partial charge in [-0.25, -0.2) is 9.38 Å². The second-order valence-electron chi connectivity index (χ2n) is 12.2. The molecule has 0 aliphatic carbocycles. The van der Waals surface area contributed by atoms with Gasteiger partial charge in [0.2, 0.25) is 0 Å². The van der Waals surface area contributed by atoms with Crippen molar-refractivity contribution in [3.8, 4) is 23.3 Å². The quantitative estimate of drug-likeness (QED) is 0.0795. The number of rotatable bonds is 7. The number of halogens is 4. The number of alkyl halides is 3. The van der Waals surface area contributed by atoms with E-state index in [2.05, 4.69) is 27.0 Å². The molecule has 4 aromatic carbocycles. The van der Waals surface area contributed by atoms with E-state index in [1.54, 1.807) is 54.6 Å². The van der Waals surface area contributed by atoms with Crippen LogP contribution in [0.25, 0.3) is 4.85 Å². The van der Waals surface area contributed by atoms with Crippen molar-refractivity contribution in [2.45, 2.75) is 36.7 Å². The number of amidine groups is 1. The van der Waals surface area contributed by atoms with E-state index in [0.717, 1.165) is 6.07 Å². The van der Waals surface area contributed by atoms with Crippen molar-refractivity contribution in [1.29, 1.82) is 0 Å². The first-order valence-electron chi connectivity index (χ1n) is 16.1. The van der Waals surface area contributed by atoms with E-state index in [1.807, 2.05) is 30.3 Å². The Morgan fingerprint density at radius 2 is 1.40 bits per heavy atom. The summed E-state index contributed by atoms with van der Waals surface area (Å²) in [5.74, 6) is 6.44. The predicted molar refractivity (Wildman–Crippen MR) is 189 cm³/mol. The maximum atomic E-state index is 15.8. The lowest BCUT2D eigenvalue weighted by atomic mass is 9.77. The third-order valence-corrected chi connectivity index (χ3v) is 8.86. The van der Waals surface area contributed by atoms with Crippen molar-refractivity contribution in [2.75, 3.05) is 14.2 Å². The number of methoxy groups -OCH3 is 2. The third-order valence-electron chi connectivity index (χ3n) is 8.86. The van der Waals surface area contributed by atoms with E-state index in [0.29, 0.717) is 39.3 Å². The number of benzene rings is 4. The van der Waals surface area contributed by atoms with E-state index < -0.39 is 41.6 Å². The molecular weight excluding hydrogens is 672 g/mol. The van der Waals surface area contributed by atoms with Crippen LogP contribution in [0.2, 0.25) is 0 Å². The number of nitrogens with zero attached hydrogens (tertiary/aromatic N) is 3. The molecule has 1 unspecified atom stereocenters. The zero-order chi connectivity index (χ0) is 36.9. The first-order chi connectivity index (χ1) is 25.0. The fraction of sp³-hybridized carbons (Fsp3) is 0.195. The van der Waals surface area contributed by atoms with Gasteiger partial charge in [0.1, 0.15) is 29.1 Å². The zero-order valence-corrected chi connectivity index (χ0v) is 28.3. The number of hydrogen-bond donors (Lipinski definition) is 1. The largest absolute Gasteiger partial charge is 0.497 e. The van der Waals surface area contributed by atoms with Crippen LogP contribution in [-0.2, 0) is 15.8 Å². The minimum atomic E-state index is -4.82. The topological polar surface area (TPSA) is 69.3 Å². The lowest BCUT2D eigenvalue weighted by molar-refractivity contribution is -0.209. The van der Waals surface area contributed by atoms with Gasteiger partial charge in [-0.15, -0.1) is 4.98 Å². The summed E-state index contributed by atoms with van der Waals surface area (Å²) in [5, 5.41) is 3.28. The van der Waals surface area contributed by atoms with Crippen molar-refractivity contribution in [2.24, 2.45) is 4.99 Å². The van der Waals surface area contributed by atoms with Gasteiger partial charge >= 0.3 is 6.18 Å². The summed E-state index contributed by atoms with van der Waals surface area (Å²) in [6.07, 6.45) is -6.41. The summed E-state index contributed by atoms with van der Waals surface area (Å²) in [7, 11) is 3.07. The van der Waals surface area contributed by atoms with Gasteiger partial charge in [0.15, 0.2) is 6.10 Å². The molecule has 1 aromatic heterocycles. The van der Waals surface area contributed by atoms with E-state index in [-0.39, 0.29) is 11.4 Å². The number of nitrogens with one attached hydrogen (secondary N) is 1. The molecule has 0 fully saturated rings. The molecule has 1 aliphatic heterocycles.